The van der Waals surface area contributed by atoms with E-state index in [2.05, 4.69) is 105 Å². The van der Waals surface area contributed by atoms with E-state index in [0.29, 0.717) is 0 Å². The molecule has 0 spiro atoms. The Morgan fingerprint density at radius 1 is 0.538 bits per heavy atom. The molecule has 8 aromatic rings. The van der Waals surface area contributed by atoms with Gasteiger partial charge in [0, 0.05) is 43.5 Å². The fraction of sp³-hybridized carbons (Fsp3) is 0.0833. The molecule has 3 aromatic heterocycles. The van der Waals surface area contributed by atoms with Crippen LogP contribution in [-0.4, -0.2) is 4.98 Å². The van der Waals surface area contributed by atoms with Crippen LogP contribution >= 0.6 is 0 Å². The third-order valence-electron chi connectivity index (χ3n) is 8.12. The normalized spacial score (nSPS) is 12.4. The van der Waals surface area contributed by atoms with Gasteiger partial charge in [0.05, 0.1) is 11.4 Å². The van der Waals surface area contributed by atoms with Crippen molar-refractivity contribution in [1.82, 2.24) is 4.98 Å². The van der Waals surface area contributed by atoms with E-state index in [1.807, 2.05) is 24.3 Å². The monoisotopic (exact) mass is 503 g/mol. The first-order chi connectivity index (χ1) is 19.1. The first-order valence-electron chi connectivity index (χ1n) is 13.3. The standard InChI is InChI=1S/C36H25NO2/c1-36(2,29-18-10-16-27-25-14-6-8-20-31(25)39-35(27)29)32-21-22-11-3-4-12-23(22)33(37-32)28-17-9-15-26-24-13-5-7-19-30(24)38-34(26)28/h3-21H,1-2H3. The zero-order valence-corrected chi connectivity index (χ0v) is 21.7. The van der Waals surface area contributed by atoms with Gasteiger partial charge in [-0.2, -0.15) is 0 Å². The predicted molar refractivity (Wildman–Crippen MR) is 160 cm³/mol. The summed E-state index contributed by atoms with van der Waals surface area (Å²) < 4.78 is 12.9. The molecule has 0 N–H and O–H groups in total. The second-order valence-corrected chi connectivity index (χ2v) is 10.8. The highest BCUT2D eigenvalue weighted by Gasteiger charge is 2.30. The maximum absolute atomic E-state index is 6.44. The molecule has 0 atom stereocenters. The highest BCUT2D eigenvalue weighted by molar-refractivity contribution is 6.11. The van der Waals surface area contributed by atoms with Crippen molar-refractivity contribution in [3.05, 3.63) is 127 Å². The summed E-state index contributed by atoms with van der Waals surface area (Å²) in [6.07, 6.45) is 0. The van der Waals surface area contributed by atoms with E-state index in [1.165, 1.54) is 0 Å². The number of benzene rings is 5. The largest absolute Gasteiger partial charge is 0.456 e. The molecule has 0 aliphatic heterocycles. The quantitative estimate of drug-likeness (QED) is 0.241. The Balaban J connectivity index is 1.41. The summed E-state index contributed by atoms with van der Waals surface area (Å²) in [5, 5.41) is 6.73. The van der Waals surface area contributed by atoms with E-state index in [9.17, 15) is 0 Å². The van der Waals surface area contributed by atoms with E-state index >= 15 is 0 Å². The van der Waals surface area contributed by atoms with Crippen molar-refractivity contribution in [1.29, 1.82) is 0 Å². The average Bonchev–Trinajstić information content (AvgIpc) is 3.55. The zero-order chi connectivity index (χ0) is 26.1. The van der Waals surface area contributed by atoms with Crippen LogP contribution < -0.4 is 0 Å². The molecule has 0 unspecified atom stereocenters. The maximum Gasteiger partial charge on any atom is 0.144 e. The Labute approximate surface area is 225 Å². The molecule has 0 aliphatic carbocycles. The molecule has 0 bridgehead atoms. The Hall–Kier alpha value is -4.89. The molecule has 186 valence electrons. The van der Waals surface area contributed by atoms with Crippen molar-refractivity contribution in [2.75, 3.05) is 0 Å². The van der Waals surface area contributed by atoms with Crippen molar-refractivity contribution < 1.29 is 8.83 Å². The number of hydrogen-bond acceptors (Lipinski definition) is 3. The van der Waals surface area contributed by atoms with Gasteiger partial charge in [0.1, 0.15) is 22.3 Å². The zero-order valence-electron chi connectivity index (χ0n) is 21.7. The highest BCUT2D eigenvalue weighted by atomic mass is 16.3. The van der Waals surface area contributed by atoms with Gasteiger partial charge in [-0.1, -0.05) is 105 Å². The summed E-state index contributed by atoms with van der Waals surface area (Å²) >= 11 is 0. The number of para-hydroxylation sites is 4. The van der Waals surface area contributed by atoms with Gasteiger partial charge in [0.2, 0.25) is 0 Å². The molecule has 3 heterocycles. The van der Waals surface area contributed by atoms with Gasteiger partial charge in [-0.15, -0.1) is 0 Å². The fourth-order valence-electron chi connectivity index (χ4n) is 6.04. The van der Waals surface area contributed by atoms with Crippen LogP contribution in [-0.2, 0) is 5.41 Å². The number of fused-ring (bicyclic) bond motifs is 7. The molecule has 0 saturated heterocycles. The number of nitrogens with zero attached hydrogens (tertiary/aromatic N) is 1. The average molecular weight is 504 g/mol. The SMILES string of the molecule is CC(C)(c1cc2ccccc2c(-c2cccc3c2oc2ccccc23)n1)c1cccc2c1oc1ccccc12. The van der Waals surface area contributed by atoms with Gasteiger partial charge in [-0.25, -0.2) is 0 Å². The second-order valence-electron chi connectivity index (χ2n) is 10.8. The van der Waals surface area contributed by atoms with Crippen LogP contribution in [0, 0.1) is 0 Å². The van der Waals surface area contributed by atoms with Crippen LogP contribution in [0.4, 0.5) is 0 Å². The molecule has 5 aromatic carbocycles. The van der Waals surface area contributed by atoms with Gasteiger partial charge in [-0.3, -0.25) is 4.98 Å². The lowest BCUT2D eigenvalue weighted by molar-refractivity contribution is 0.594. The third kappa shape index (κ3) is 3.20. The molecular formula is C36H25NO2. The molecule has 39 heavy (non-hydrogen) atoms. The second kappa shape index (κ2) is 8.05. The minimum atomic E-state index is -0.423. The summed E-state index contributed by atoms with van der Waals surface area (Å²) in [6, 6.07) is 39.9. The number of rotatable bonds is 3. The number of aromatic nitrogens is 1. The highest BCUT2D eigenvalue weighted by Crippen LogP contribution is 2.42. The molecule has 0 saturated carbocycles. The van der Waals surface area contributed by atoms with Gasteiger partial charge >= 0.3 is 0 Å². The summed E-state index contributed by atoms with van der Waals surface area (Å²) in [5.41, 5.74) is 7.18. The van der Waals surface area contributed by atoms with Crippen LogP contribution in [0.3, 0.4) is 0 Å². The first-order valence-corrected chi connectivity index (χ1v) is 13.3. The van der Waals surface area contributed by atoms with Crippen molar-refractivity contribution in [2.24, 2.45) is 0 Å². The Kier molecular flexibility index (Phi) is 4.57. The van der Waals surface area contributed by atoms with E-state index in [0.717, 1.165) is 77.2 Å². The molecule has 3 heteroatoms. The number of furan rings is 2. The third-order valence-corrected chi connectivity index (χ3v) is 8.12. The van der Waals surface area contributed by atoms with Gasteiger partial charge in [0.25, 0.3) is 0 Å². The summed E-state index contributed by atoms with van der Waals surface area (Å²) in [7, 11) is 0. The summed E-state index contributed by atoms with van der Waals surface area (Å²) in [6.45, 7) is 4.47. The van der Waals surface area contributed by atoms with Gasteiger partial charge in [-0.05, 0) is 29.7 Å². The van der Waals surface area contributed by atoms with E-state index in [4.69, 9.17) is 13.8 Å². The Bertz CT molecular complexity index is 2210. The van der Waals surface area contributed by atoms with Crippen molar-refractivity contribution in [2.45, 2.75) is 19.3 Å². The minimum absolute atomic E-state index is 0.423. The molecule has 0 aliphatic rings. The van der Waals surface area contributed by atoms with Crippen LogP contribution in [0.25, 0.3) is 65.9 Å². The molecular weight excluding hydrogens is 478 g/mol. The first kappa shape index (κ1) is 22.1. The molecule has 0 fully saturated rings. The summed E-state index contributed by atoms with van der Waals surface area (Å²) in [4.78, 5) is 5.40. The summed E-state index contributed by atoms with van der Waals surface area (Å²) in [5.74, 6) is 0. The number of pyridine rings is 1. The molecule has 3 nitrogen and oxygen atoms in total. The van der Waals surface area contributed by atoms with Crippen LogP contribution in [0.2, 0.25) is 0 Å². The van der Waals surface area contributed by atoms with E-state index < -0.39 is 5.41 Å². The van der Waals surface area contributed by atoms with Crippen molar-refractivity contribution in [3.63, 3.8) is 0 Å². The van der Waals surface area contributed by atoms with E-state index in [-0.39, 0.29) is 0 Å². The predicted octanol–water partition coefficient (Wildman–Crippen LogP) is 10.0. The lowest BCUT2D eigenvalue weighted by atomic mass is 9.79. The van der Waals surface area contributed by atoms with Crippen LogP contribution in [0.1, 0.15) is 25.1 Å². The maximum atomic E-state index is 6.44. The topological polar surface area (TPSA) is 39.2 Å². The number of hydrogen-bond donors (Lipinski definition) is 0. The van der Waals surface area contributed by atoms with Gasteiger partial charge in [0.15, 0.2) is 0 Å². The molecule has 0 radical (unpaired) electrons. The molecule has 8 rings (SSSR count). The molecule has 0 amide bonds. The smallest absolute Gasteiger partial charge is 0.144 e. The van der Waals surface area contributed by atoms with E-state index in [1.54, 1.807) is 0 Å². The fourth-order valence-corrected chi connectivity index (χ4v) is 6.04. The van der Waals surface area contributed by atoms with Gasteiger partial charge < -0.3 is 8.83 Å². The lowest BCUT2D eigenvalue weighted by Gasteiger charge is -2.26. The Morgan fingerprint density at radius 2 is 1.10 bits per heavy atom. The van der Waals surface area contributed by atoms with Crippen molar-refractivity contribution >= 4 is 54.6 Å². The minimum Gasteiger partial charge on any atom is -0.456 e. The Morgan fingerprint density at radius 3 is 1.85 bits per heavy atom. The van der Waals surface area contributed by atoms with Crippen LogP contribution in [0.15, 0.2) is 124 Å². The van der Waals surface area contributed by atoms with Crippen LogP contribution in [0.5, 0.6) is 0 Å². The lowest BCUT2D eigenvalue weighted by Crippen LogP contribution is -2.21. The van der Waals surface area contributed by atoms with Crippen molar-refractivity contribution in [3.8, 4) is 11.3 Å².